The number of carbonyl (C=O) groups excluding carboxylic acids is 2. The summed E-state index contributed by atoms with van der Waals surface area (Å²) in [4.78, 5) is 26.4. The van der Waals surface area contributed by atoms with Crippen molar-refractivity contribution in [2.24, 2.45) is 0 Å². The summed E-state index contributed by atoms with van der Waals surface area (Å²) in [5.41, 5.74) is 0. The van der Waals surface area contributed by atoms with Crippen LogP contribution in [0.3, 0.4) is 0 Å². The third-order valence-corrected chi connectivity index (χ3v) is 4.08. The maximum absolute atomic E-state index is 11.6. The van der Waals surface area contributed by atoms with E-state index in [2.05, 4.69) is 0 Å². The number of amides is 2. The Morgan fingerprint density at radius 2 is 1.36 bits per heavy atom. The van der Waals surface area contributed by atoms with E-state index in [1.807, 2.05) is 0 Å². The molecule has 2 amide bonds. The van der Waals surface area contributed by atoms with E-state index in [1.54, 1.807) is 9.80 Å². The van der Waals surface area contributed by atoms with Crippen molar-refractivity contribution < 1.29 is 24.5 Å². The first kappa shape index (κ1) is 17.2. The highest BCUT2D eigenvalue weighted by Crippen LogP contribution is 2.11. The van der Waals surface area contributed by atoms with Crippen molar-refractivity contribution in [3.05, 3.63) is 0 Å². The normalized spacial score (nSPS) is 22.3. The van der Waals surface area contributed by atoms with E-state index in [9.17, 15) is 19.8 Å². The Morgan fingerprint density at radius 3 is 1.86 bits per heavy atom. The maximum atomic E-state index is 11.6. The van der Waals surface area contributed by atoms with Gasteiger partial charge in [0, 0.05) is 39.0 Å². The molecule has 0 aromatic heterocycles. The van der Waals surface area contributed by atoms with Crippen molar-refractivity contribution in [1.29, 1.82) is 0 Å². The summed E-state index contributed by atoms with van der Waals surface area (Å²) in [5, 5.41) is 19.7. The van der Waals surface area contributed by atoms with Crippen molar-refractivity contribution in [3.8, 4) is 0 Å². The number of rotatable bonds is 8. The number of hydrogen-bond acceptors (Lipinski definition) is 5. The lowest BCUT2D eigenvalue weighted by atomic mass is 10.1. The van der Waals surface area contributed by atoms with E-state index in [-0.39, 0.29) is 38.1 Å². The van der Waals surface area contributed by atoms with Gasteiger partial charge in [0.2, 0.25) is 11.8 Å². The molecule has 7 heteroatoms. The first-order valence-corrected chi connectivity index (χ1v) is 8.05. The minimum Gasteiger partial charge on any atom is -0.389 e. The van der Waals surface area contributed by atoms with E-state index in [0.717, 1.165) is 19.3 Å². The second-order valence-corrected chi connectivity index (χ2v) is 6.09. The predicted molar refractivity (Wildman–Crippen MR) is 79.1 cm³/mol. The Bertz CT molecular complexity index is 390. The van der Waals surface area contributed by atoms with Crippen LogP contribution in [0.25, 0.3) is 0 Å². The van der Waals surface area contributed by atoms with Crippen LogP contribution in [0.15, 0.2) is 0 Å². The number of hydrogen-bond donors (Lipinski definition) is 2. The first-order chi connectivity index (χ1) is 10.6. The molecular formula is C15H26N2O5. The maximum Gasteiger partial charge on any atom is 0.222 e. The number of piperidine rings is 1. The van der Waals surface area contributed by atoms with Crippen LogP contribution in [0.4, 0.5) is 0 Å². The molecule has 2 saturated heterocycles. The minimum absolute atomic E-state index is 0.0719. The number of ether oxygens (including phenoxy) is 1. The molecule has 0 aliphatic carbocycles. The molecule has 2 atom stereocenters. The molecule has 2 heterocycles. The number of nitrogens with zero attached hydrogens (tertiary/aromatic N) is 2. The van der Waals surface area contributed by atoms with Crippen LogP contribution in [0.5, 0.6) is 0 Å². The molecule has 126 valence electrons. The van der Waals surface area contributed by atoms with Crippen molar-refractivity contribution >= 4 is 11.8 Å². The zero-order chi connectivity index (χ0) is 15.9. The SMILES string of the molecule is O=C1CCCCN1CC(O)COCC(O)CN1CCCC1=O. The van der Waals surface area contributed by atoms with Gasteiger partial charge in [-0.05, 0) is 19.3 Å². The highest BCUT2D eigenvalue weighted by Gasteiger charge is 2.23. The fourth-order valence-electron chi connectivity index (χ4n) is 2.91. The van der Waals surface area contributed by atoms with Crippen molar-refractivity contribution in [2.45, 2.75) is 44.3 Å². The predicted octanol–water partition coefficient (Wildman–Crippen LogP) is -0.640. The molecule has 0 aromatic rings. The molecule has 0 saturated carbocycles. The Morgan fingerprint density at radius 1 is 0.864 bits per heavy atom. The van der Waals surface area contributed by atoms with E-state index in [1.165, 1.54) is 0 Å². The molecule has 2 unspecified atom stereocenters. The third-order valence-electron chi connectivity index (χ3n) is 4.08. The Kier molecular flexibility index (Phi) is 6.60. The zero-order valence-electron chi connectivity index (χ0n) is 12.9. The van der Waals surface area contributed by atoms with Gasteiger partial charge in [-0.15, -0.1) is 0 Å². The van der Waals surface area contributed by atoms with Gasteiger partial charge < -0.3 is 24.7 Å². The largest absolute Gasteiger partial charge is 0.389 e. The van der Waals surface area contributed by atoms with Crippen LogP contribution in [0.2, 0.25) is 0 Å². The van der Waals surface area contributed by atoms with E-state index in [0.29, 0.717) is 25.9 Å². The van der Waals surface area contributed by atoms with E-state index in [4.69, 9.17) is 4.74 Å². The van der Waals surface area contributed by atoms with Crippen LogP contribution in [-0.4, -0.2) is 83.4 Å². The number of aliphatic hydroxyl groups is 2. The van der Waals surface area contributed by atoms with Gasteiger partial charge in [0.05, 0.1) is 25.4 Å². The molecule has 0 bridgehead atoms. The standard InChI is InChI=1S/C15H26N2O5/c18-12(8-16-6-2-1-4-14(16)20)10-22-11-13(19)9-17-7-3-5-15(17)21/h12-13,18-19H,1-11H2. The van der Waals surface area contributed by atoms with Gasteiger partial charge in [0.25, 0.3) is 0 Å². The molecule has 2 rings (SSSR count). The lowest BCUT2D eigenvalue weighted by Crippen LogP contribution is -2.42. The van der Waals surface area contributed by atoms with Crippen molar-refractivity contribution in [2.75, 3.05) is 39.4 Å². The average molecular weight is 314 g/mol. The molecule has 2 aliphatic rings. The molecule has 0 aromatic carbocycles. The summed E-state index contributed by atoms with van der Waals surface area (Å²) in [6, 6.07) is 0. The lowest BCUT2D eigenvalue weighted by Gasteiger charge is -2.28. The number of likely N-dealkylation sites (tertiary alicyclic amines) is 2. The highest BCUT2D eigenvalue weighted by molar-refractivity contribution is 5.78. The fourth-order valence-corrected chi connectivity index (χ4v) is 2.91. The summed E-state index contributed by atoms with van der Waals surface area (Å²) in [7, 11) is 0. The quantitative estimate of drug-likeness (QED) is 0.622. The Labute approximate surface area is 130 Å². The summed E-state index contributed by atoms with van der Waals surface area (Å²) in [5.74, 6) is 0.153. The summed E-state index contributed by atoms with van der Waals surface area (Å²) >= 11 is 0. The lowest BCUT2D eigenvalue weighted by molar-refractivity contribution is -0.135. The molecule has 2 N–H and O–H groups in total. The second kappa shape index (κ2) is 8.45. The first-order valence-electron chi connectivity index (χ1n) is 8.05. The molecule has 2 aliphatic heterocycles. The van der Waals surface area contributed by atoms with Gasteiger partial charge in [-0.25, -0.2) is 0 Å². The highest BCUT2D eigenvalue weighted by atomic mass is 16.5. The molecule has 7 nitrogen and oxygen atoms in total. The molecule has 2 fully saturated rings. The van der Waals surface area contributed by atoms with Gasteiger partial charge >= 0.3 is 0 Å². The molecule has 0 radical (unpaired) electrons. The number of aliphatic hydroxyl groups excluding tert-OH is 2. The second-order valence-electron chi connectivity index (χ2n) is 6.09. The van der Waals surface area contributed by atoms with Gasteiger partial charge in [-0.1, -0.05) is 0 Å². The minimum atomic E-state index is -0.748. The molecule has 0 spiro atoms. The topological polar surface area (TPSA) is 90.3 Å². The van der Waals surface area contributed by atoms with Gasteiger partial charge in [0.15, 0.2) is 0 Å². The van der Waals surface area contributed by atoms with Gasteiger partial charge in [-0.2, -0.15) is 0 Å². The van der Waals surface area contributed by atoms with Crippen LogP contribution in [0.1, 0.15) is 32.1 Å². The smallest absolute Gasteiger partial charge is 0.222 e. The number of β-amino-alcohol motifs (C(OH)–C–C–N with tert-alkyl or cyclic N) is 2. The number of carbonyl (C=O) groups is 2. The van der Waals surface area contributed by atoms with Crippen LogP contribution in [-0.2, 0) is 14.3 Å². The third kappa shape index (κ3) is 5.23. The fraction of sp³-hybridized carbons (Fsp3) is 0.867. The monoisotopic (exact) mass is 314 g/mol. The summed E-state index contributed by atoms with van der Waals surface area (Å²) in [6.45, 7) is 2.09. The van der Waals surface area contributed by atoms with E-state index < -0.39 is 12.2 Å². The zero-order valence-corrected chi connectivity index (χ0v) is 12.9. The Hall–Kier alpha value is -1.18. The van der Waals surface area contributed by atoms with Crippen LogP contribution >= 0.6 is 0 Å². The molecular weight excluding hydrogens is 288 g/mol. The van der Waals surface area contributed by atoms with Crippen molar-refractivity contribution in [3.63, 3.8) is 0 Å². The summed E-state index contributed by atoms with van der Waals surface area (Å²) in [6.07, 6.45) is 2.35. The van der Waals surface area contributed by atoms with Gasteiger partial charge in [-0.3, -0.25) is 9.59 Å². The van der Waals surface area contributed by atoms with Crippen LogP contribution in [0, 0.1) is 0 Å². The Balaban J connectivity index is 1.58. The average Bonchev–Trinajstić information content (AvgIpc) is 2.87. The molecule has 22 heavy (non-hydrogen) atoms. The van der Waals surface area contributed by atoms with Gasteiger partial charge in [0.1, 0.15) is 0 Å². The van der Waals surface area contributed by atoms with Crippen molar-refractivity contribution in [1.82, 2.24) is 9.80 Å². The van der Waals surface area contributed by atoms with E-state index >= 15 is 0 Å². The summed E-state index contributed by atoms with van der Waals surface area (Å²) < 4.78 is 5.30. The van der Waals surface area contributed by atoms with Crippen LogP contribution < -0.4 is 0 Å².